The van der Waals surface area contributed by atoms with E-state index in [0.717, 1.165) is 20.3 Å². The van der Waals surface area contributed by atoms with Crippen LogP contribution in [0, 0.1) is 6.92 Å². The van der Waals surface area contributed by atoms with Crippen molar-refractivity contribution in [3.05, 3.63) is 57.3 Å². The lowest BCUT2D eigenvalue weighted by atomic mass is 10.2. The summed E-state index contributed by atoms with van der Waals surface area (Å²) in [6.07, 6.45) is 0. The van der Waals surface area contributed by atoms with Gasteiger partial charge in [-0.05, 0) is 37.3 Å². The van der Waals surface area contributed by atoms with E-state index >= 15 is 0 Å². The molecule has 0 saturated heterocycles. The van der Waals surface area contributed by atoms with Crippen molar-refractivity contribution >= 4 is 43.4 Å². The summed E-state index contributed by atoms with van der Waals surface area (Å²) in [5, 5.41) is 0. The number of halogens is 1. The molecular formula is C19H19BrN2O3S. The summed E-state index contributed by atoms with van der Waals surface area (Å²) < 4.78 is 14.8. The van der Waals surface area contributed by atoms with Gasteiger partial charge >= 0.3 is 0 Å². The Morgan fingerprint density at radius 1 is 1.23 bits per heavy atom. The molecule has 0 unspecified atom stereocenters. The Bertz CT molecular complexity index is 977. The lowest BCUT2D eigenvalue weighted by molar-refractivity contribution is -0.120. The number of carbonyl (C=O) groups is 1. The van der Waals surface area contributed by atoms with Crippen molar-refractivity contribution in [1.29, 1.82) is 0 Å². The first-order valence-electron chi connectivity index (χ1n) is 8.11. The molecule has 0 radical (unpaired) electrons. The number of hydrogen-bond donors (Lipinski definition) is 0. The second-order valence-corrected chi connectivity index (χ2v) is 7.67. The number of thiazole rings is 1. The molecule has 3 rings (SSSR count). The number of fused-ring (bicyclic) bond motifs is 1. The second kappa shape index (κ2) is 8.62. The molecule has 0 aliphatic carbocycles. The van der Waals surface area contributed by atoms with Gasteiger partial charge in [0.05, 0.1) is 16.8 Å². The molecule has 7 heteroatoms. The number of hydrogen-bond acceptors (Lipinski definition) is 4. The van der Waals surface area contributed by atoms with Crippen molar-refractivity contribution in [2.45, 2.75) is 13.5 Å². The number of aromatic nitrogens is 1. The molecule has 5 nitrogen and oxygen atoms in total. The summed E-state index contributed by atoms with van der Waals surface area (Å²) >= 11 is 4.96. The third kappa shape index (κ3) is 4.60. The summed E-state index contributed by atoms with van der Waals surface area (Å²) in [6, 6.07) is 13.6. The lowest BCUT2D eigenvalue weighted by Gasteiger charge is -2.05. The van der Waals surface area contributed by atoms with Crippen molar-refractivity contribution in [1.82, 2.24) is 4.57 Å². The first-order valence-corrected chi connectivity index (χ1v) is 9.72. The first-order chi connectivity index (χ1) is 12.6. The van der Waals surface area contributed by atoms with Gasteiger partial charge in [0.15, 0.2) is 11.4 Å². The molecule has 0 aliphatic heterocycles. The molecule has 0 bridgehead atoms. The average Bonchev–Trinajstić information content (AvgIpc) is 2.95. The van der Waals surface area contributed by atoms with Crippen LogP contribution in [0.3, 0.4) is 0 Å². The molecule has 0 N–H and O–H groups in total. The first kappa shape index (κ1) is 18.8. The number of ether oxygens (including phenoxy) is 2. The fourth-order valence-corrected chi connectivity index (χ4v) is 4.07. The van der Waals surface area contributed by atoms with Gasteiger partial charge < -0.3 is 14.0 Å². The molecule has 0 aliphatic rings. The highest BCUT2D eigenvalue weighted by Gasteiger charge is 2.09. The van der Waals surface area contributed by atoms with Gasteiger partial charge in [-0.2, -0.15) is 4.99 Å². The predicted octanol–water partition coefficient (Wildman–Crippen LogP) is 3.93. The molecule has 3 aromatic rings. The summed E-state index contributed by atoms with van der Waals surface area (Å²) in [6.45, 7) is 3.08. The van der Waals surface area contributed by atoms with E-state index in [-0.39, 0.29) is 12.5 Å². The molecule has 0 fully saturated rings. The highest BCUT2D eigenvalue weighted by Crippen LogP contribution is 2.22. The van der Waals surface area contributed by atoms with Crippen molar-refractivity contribution < 1.29 is 14.3 Å². The van der Waals surface area contributed by atoms with Crippen molar-refractivity contribution in [3.8, 4) is 5.75 Å². The molecule has 0 spiro atoms. The van der Waals surface area contributed by atoms with E-state index in [0.29, 0.717) is 23.7 Å². The number of carbonyl (C=O) groups excluding carboxylic acids is 1. The SMILES string of the molecule is COCCn1c(=NC(=O)COc2ccc(C)cc2)sc2cc(Br)ccc21. The maximum Gasteiger partial charge on any atom is 0.286 e. The standard InChI is InChI=1S/C19H19BrN2O3S/c1-13-3-6-15(7-4-13)25-12-18(23)21-19-22(9-10-24-2)16-8-5-14(20)11-17(16)26-19/h3-8,11H,9-10,12H2,1-2H3. The number of rotatable bonds is 6. The van der Waals surface area contributed by atoms with Crippen LogP contribution >= 0.6 is 27.3 Å². The zero-order valence-electron chi connectivity index (χ0n) is 14.6. The number of amides is 1. The Labute approximate surface area is 164 Å². The van der Waals surface area contributed by atoms with Crippen LogP contribution < -0.4 is 9.54 Å². The van der Waals surface area contributed by atoms with Gasteiger partial charge in [0, 0.05) is 18.1 Å². The number of aryl methyl sites for hydroxylation is 1. The normalized spacial score (nSPS) is 11.9. The smallest absolute Gasteiger partial charge is 0.286 e. The van der Waals surface area contributed by atoms with Crippen molar-refractivity contribution in [3.63, 3.8) is 0 Å². The van der Waals surface area contributed by atoms with Crippen molar-refractivity contribution in [2.75, 3.05) is 20.3 Å². The van der Waals surface area contributed by atoms with E-state index < -0.39 is 0 Å². The van der Waals surface area contributed by atoms with E-state index in [1.807, 2.05) is 54.0 Å². The maximum absolute atomic E-state index is 12.3. The molecule has 2 aromatic carbocycles. The Kier molecular flexibility index (Phi) is 6.24. The molecule has 0 atom stereocenters. The maximum atomic E-state index is 12.3. The molecular weight excluding hydrogens is 416 g/mol. The quantitative estimate of drug-likeness (QED) is 0.590. The van der Waals surface area contributed by atoms with E-state index in [2.05, 4.69) is 20.9 Å². The molecule has 1 aromatic heterocycles. The van der Waals surface area contributed by atoms with Crippen molar-refractivity contribution in [2.24, 2.45) is 4.99 Å². The number of benzene rings is 2. The zero-order valence-corrected chi connectivity index (χ0v) is 17.0. The highest BCUT2D eigenvalue weighted by molar-refractivity contribution is 9.10. The van der Waals surface area contributed by atoms with Crippen LogP contribution in [0.5, 0.6) is 5.75 Å². The van der Waals surface area contributed by atoms with Gasteiger partial charge in [-0.25, -0.2) is 0 Å². The third-order valence-corrected chi connectivity index (χ3v) is 5.30. The lowest BCUT2D eigenvalue weighted by Crippen LogP contribution is -2.21. The number of nitrogens with zero attached hydrogens (tertiary/aromatic N) is 2. The topological polar surface area (TPSA) is 52.8 Å². The van der Waals surface area contributed by atoms with Gasteiger partial charge in [-0.15, -0.1) is 0 Å². The minimum Gasteiger partial charge on any atom is -0.484 e. The minimum atomic E-state index is -0.317. The Morgan fingerprint density at radius 2 is 2.00 bits per heavy atom. The van der Waals surface area contributed by atoms with E-state index in [1.165, 1.54) is 11.3 Å². The van der Waals surface area contributed by atoms with Gasteiger partial charge in [0.25, 0.3) is 5.91 Å². The zero-order chi connectivity index (χ0) is 18.5. The highest BCUT2D eigenvalue weighted by atomic mass is 79.9. The van der Waals surface area contributed by atoms with Gasteiger partial charge in [-0.1, -0.05) is 45.0 Å². The summed E-state index contributed by atoms with van der Waals surface area (Å²) in [7, 11) is 1.66. The predicted molar refractivity (Wildman–Crippen MR) is 107 cm³/mol. The molecule has 1 amide bonds. The Balaban J connectivity index is 1.84. The van der Waals surface area contributed by atoms with E-state index in [1.54, 1.807) is 7.11 Å². The molecule has 26 heavy (non-hydrogen) atoms. The van der Waals surface area contributed by atoms with Crippen LogP contribution in [0.4, 0.5) is 0 Å². The summed E-state index contributed by atoms with van der Waals surface area (Å²) in [4.78, 5) is 17.2. The average molecular weight is 435 g/mol. The van der Waals surface area contributed by atoms with E-state index in [4.69, 9.17) is 9.47 Å². The molecule has 1 heterocycles. The minimum absolute atomic E-state index is 0.0920. The monoisotopic (exact) mass is 434 g/mol. The van der Waals surface area contributed by atoms with Crippen LogP contribution in [0.2, 0.25) is 0 Å². The molecule has 136 valence electrons. The third-order valence-electron chi connectivity index (χ3n) is 3.77. The number of methoxy groups -OCH3 is 1. The fraction of sp³-hybridized carbons (Fsp3) is 0.263. The van der Waals surface area contributed by atoms with Gasteiger partial charge in [-0.3, -0.25) is 4.79 Å². The largest absolute Gasteiger partial charge is 0.484 e. The van der Waals surface area contributed by atoms with Crippen LogP contribution in [-0.2, 0) is 16.1 Å². The summed E-state index contributed by atoms with van der Waals surface area (Å²) in [5.74, 6) is 0.342. The summed E-state index contributed by atoms with van der Waals surface area (Å²) in [5.41, 5.74) is 2.17. The van der Waals surface area contributed by atoms with Crippen LogP contribution in [0.25, 0.3) is 10.2 Å². The van der Waals surface area contributed by atoms with Crippen LogP contribution in [0.1, 0.15) is 5.56 Å². The fourth-order valence-electron chi connectivity index (χ4n) is 2.45. The van der Waals surface area contributed by atoms with Gasteiger partial charge in [0.1, 0.15) is 5.75 Å². The second-order valence-electron chi connectivity index (χ2n) is 5.75. The molecule has 0 saturated carbocycles. The van der Waals surface area contributed by atoms with Gasteiger partial charge in [0.2, 0.25) is 0 Å². The Hall–Kier alpha value is -1.96. The van der Waals surface area contributed by atoms with Crippen LogP contribution in [-0.4, -0.2) is 30.8 Å². The van der Waals surface area contributed by atoms with Crippen LogP contribution in [0.15, 0.2) is 51.9 Å². The van der Waals surface area contributed by atoms with E-state index in [9.17, 15) is 4.79 Å². The Morgan fingerprint density at radius 3 is 2.73 bits per heavy atom.